The maximum absolute atomic E-state index is 11.3. The molecule has 0 atom stereocenters. The number of ether oxygens (including phenoxy) is 1. The number of aromatic nitrogens is 1. The summed E-state index contributed by atoms with van der Waals surface area (Å²) in [5.41, 5.74) is 2.53. The molecule has 0 spiro atoms. The zero-order chi connectivity index (χ0) is 15.5. The van der Waals surface area contributed by atoms with Crippen molar-refractivity contribution in [2.24, 2.45) is 0 Å². The molecule has 0 amide bonds. The van der Waals surface area contributed by atoms with E-state index in [9.17, 15) is 4.79 Å². The first kappa shape index (κ1) is 14.1. The van der Waals surface area contributed by atoms with Gasteiger partial charge in [-0.15, -0.1) is 0 Å². The number of allylic oxidation sites excluding steroid dienone is 1. The summed E-state index contributed by atoms with van der Waals surface area (Å²) >= 11 is 0. The Bertz CT molecular complexity index is 856. The molecule has 0 saturated heterocycles. The first-order valence-corrected chi connectivity index (χ1v) is 6.89. The van der Waals surface area contributed by atoms with Gasteiger partial charge in [0.25, 0.3) is 0 Å². The Kier molecular flexibility index (Phi) is 3.74. The summed E-state index contributed by atoms with van der Waals surface area (Å²) in [4.78, 5) is 15.7. The minimum Gasteiger partial charge on any atom is -0.466 e. The number of esters is 1. The van der Waals surface area contributed by atoms with Crippen molar-refractivity contribution in [3.8, 4) is 11.3 Å². The fraction of sp³-hybridized carbons (Fsp3) is 0.111. The van der Waals surface area contributed by atoms with Crippen molar-refractivity contribution >= 4 is 22.4 Å². The third kappa shape index (κ3) is 2.63. The molecule has 0 fully saturated rings. The van der Waals surface area contributed by atoms with E-state index in [1.807, 2.05) is 42.5 Å². The first-order chi connectivity index (χ1) is 10.7. The highest BCUT2D eigenvalue weighted by Crippen LogP contribution is 2.30. The summed E-state index contributed by atoms with van der Waals surface area (Å²) in [5, 5.41) is 1.06. The van der Waals surface area contributed by atoms with Gasteiger partial charge in [0, 0.05) is 23.2 Å². The SMILES string of the molecule is COC(=O)/C=C(\C)c1ccc(-c2cccc3cccnc23)o1. The molecule has 4 heteroatoms. The first-order valence-electron chi connectivity index (χ1n) is 6.89. The van der Waals surface area contributed by atoms with Crippen LogP contribution >= 0.6 is 0 Å². The van der Waals surface area contributed by atoms with Gasteiger partial charge in [-0.05, 0) is 36.8 Å². The maximum Gasteiger partial charge on any atom is 0.330 e. The van der Waals surface area contributed by atoms with Gasteiger partial charge in [-0.2, -0.15) is 0 Å². The standard InChI is InChI=1S/C18H15NO3/c1-12(11-17(20)21-2)15-8-9-16(22-15)14-7-3-5-13-6-4-10-19-18(13)14/h3-11H,1-2H3/b12-11+. The lowest BCUT2D eigenvalue weighted by atomic mass is 10.1. The van der Waals surface area contributed by atoms with E-state index in [-0.39, 0.29) is 0 Å². The highest BCUT2D eigenvalue weighted by Gasteiger charge is 2.11. The Morgan fingerprint density at radius 3 is 2.82 bits per heavy atom. The van der Waals surface area contributed by atoms with Gasteiger partial charge >= 0.3 is 5.97 Å². The molecular weight excluding hydrogens is 278 g/mol. The molecule has 22 heavy (non-hydrogen) atoms. The summed E-state index contributed by atoms with van der Waals surface area (Å²) in [6.45, 7) is 1.81. The van der Waals surface area contributed by atoms with E-state index < -0.39 is 5.97 Å². The van der Waals surface area contributed by atoms with Gasteiger partial charge in [-0.3, -0.25) is 4.98 Å². The van der Waals surface area contributed by atoms with Crippen molar-refractivity contribution in [2.45, 2.75) is 6.92 Å². The predicted octanol–water partition coefficient (Wildman–Crippen LogP) is 4.07. The largest absolute Gasteiger partial charge is 0.466 e. The molecule has 0 radical (unpaired) electrons. The quantitative estimate of drug-likeness (QED) is 0.539. The molecule has 0 unspecified atom stereocenters. The summed E-state index contributed by atoms with van der Waals surface area (Å²) in [6, 6.07) is 13.6. The molecule has 110 valence electrons. The number of pyridine rings is 1. The molecule has 1 aromatic carbocycles. The average molecular weight is 293 g/mol. The number of para-hydroxylation sites is 1. The average Bonchev–Trinajstić information content (AvgIpc) is 3.04. The number of nitrogens with zero attached hydrogens (tertiary/aromatic N) is 1. The van der Waals surface area contributed by atoms with Gasteiger partial charge in [-0.1, -0.05) is 18.2 Å². The second-order valence-electron chi connectivity index (χ2n) is 4.90. The van der Waals surface area contributed by atoms with Gasteiger partial charge in [0.1, 0.15) is 11.5 Å². The molecule has 4 nitrogen and oxygen atoms in total. The fourth-order valence-electron chi connectivity index (χ4n) is 2.30. The molecular formula is C18H15NO3. The van der Waals surface area contributed by atoms with E-state index in [1.165, 1.54) is 13.2 Å². The highest BCUT2D eigenvalue weighted by molar-refractivity contribution is 5.93. The van der Waals surface area contributed by atoms with Crippen LogP contribution < -0.4 is 0 Å². The lowest BCUT2D eigenvalue weighted by Crippen LogP contribution is -1.95. The Labute approximate surface area is 128 Å². The summed E-state index contributed by atoms with van der Waals surface area (Å²) < 4.78 is 10.5. The topological polar surface area (TPSA) is 52.3 Å². The highest BCUT2D eigenvalue weighted by atomic mass is 16.5. The monoisotopic (exact) mass is 293 g/mol. The molecule has 0 N–H and O–H groups in total. The molecule has 3 aromatic rings. The van der Waals surface area contributed by atoms with Crippen LogP contribution in [0.1, 0.15) is 12.7 Å². The zero-order valence-corrected chi connectivity index (χ0v) is 12.4. The van der Waals surface area contributed by atoms with Crippen molar-refractivity contribution in [2.75, 3.05) is 7.11 Å². The van der Waals surface area contributed by atoms with Crippen LogP contribution in [0.4, 0.5) is 0 Å². The Morgan fingerprint density at radius 1 is 1.18 bits per heavy atom. The van der Waals surface area contributed by atoms with Crippen molar-refractivity contribution < 1.29 is 13.9 Å². The number of rotatable bonds is 3. The minimum absolute atomic E-state index is 0.401. The number of carbonyl (C=O) groups is 1. The number of hydrogen-bond donors (Lipinski definition) is 0. The maximum atomic E-state index is 11.3. The van der Waals surface area contributed by atoms with Crippen LogP contribution in [0.2, 0.25) is 0 Å². The second kappa shape index (κ2) is 5.85. The Morgan fingerprint density at radius 2 is 2.00 bits per heavy atom. The number of benzene rings is 1. The van der Waals surface area contributed by atoms with Gasteiger partial charge in [0.05, 0.1) is 12.6 Å². The van der Waals surface area contributed by atoms with Gasteiger partial charge in [0.2, 0.25) is 0 Å². The number of fused-ring (bicyclic) bond motifs is 1. The Balaban J connectivity index is 2.03. The molecule has 2 heterocycles. The van der Waals surface area contributed by atoms with Crippen LogP contribution in [0.3, 0.4) is 0 Å². The number of carbonyl (C=O) groups excluding carboxylic acids is 1. The van der Waals surface area contributed by atoms with Gasteiger partial charge in [-0.25, -0.2) is 4.79 Å². The normalized spacial score (nSPS) is 11.6. The second-order valence-corrected chi connectivity index (χ2v) is 4.90. The van der Waals surface area contributed by atoms with E-state index in [0.29, 0.717) is 11.3 Å². The molecule has 0 saturated carbocycles. The lowest BCUT2D eigenvalue weighted by molar-refractivity contribution is -0.134. The number of hydrogen-bond acceptors (Lipinski definition) is 4. The van der Waals surface area contributed by atoms with Crippen LogP contribution in [-0.2, 0) is 9.53 Å². The Hall–Kier alpha value is -2.88. The van der Waals surface area contributed by atoms with E-state index in [4.69, 9.17) is 4.42 Å². The van der Waals surface area contributed by atoms with E-state index >= 15 is 0 Å². The molecule has 3 rings (SSSR count). The van der Waals surface area contributed by atoms with Crippen molar-refractivity contribution in [3.05, 3.63) is 60.5 Å². The molecule has 0 aliphatic rings. The lowest BCUT2D eigenvalue weighted by Gasteiger charge is -2.03. The molecule has 2 aromatic heterocycles. The van der Waals surface area contributed by atoms with Crippen LogP contribution in [0.25, 0.3) is 27.8 Å². The van der Waals surface area contributed by atoms with Crippen LogP contribution in [0, 0.1) is 0 Å². The van der Waals surface area contributed by atoms with E-state index in [2.05, 4.69) is 9.72 Å². The van der Waals surface area contributed by atoms with E-state index in [0.717, 1.165) is 22.2 Å². The molecule has 0 aliphatic carbocycles. The molecule has 0 aliphatic heterocycles. The van der Waals surface area contributed by atoms with Crippen LogP contribution in [0.15, 0.2) is 59.2 Å². The number of furan rings is 1. The third-order valence-electron chi connectivity index (χ3n) is 3.43. The van der Waals surface area contributed by atoms with E-state index in [1.54, 1.807) is 13.1 Å². The van der Waals surface area contributed by atoms with Crippen LogP contribution in [-0.4, -0.2) is 18.1 Å². The number of methoxy groups -OCH3 is 1. The van der Waals surface area contributed by atoms with Crippen molar-refractivity contribution in [1.82, 2.24) is 4.98 Å². The zero-order valence-electron chi connectivity index (χ0n) is 12.4. The van der Waals surface area contributed by atoms with Gasteiger partial charge in [0.15, 0.2) is 0 Å². The summed E-state index contributed by atoms with van der Waals surface area (Å²) in [5.74, 6) is 0.951. The fourth-order valence-corrected chi connectivity index (χ4v) is 2.30. The molecule has 0 bridgehead atoms. The third-order valence-corrected chi connectivity index (χ3v) is 3.43. The van der Waals surface area contributed by atoms with Crippen molar-refractivity contribution in [3.63, 3.8) is 0 Å². The predicted molar refractivity (Wildman–Crippen MR) is 85.1 cm³/mol. The smallest absolute Gasteiger partial charge is 0.330 e. The van der Waals surface area contributed by atoms with Crippen LogP contribution in [0.5, 0.6) is 0 Å². The summed E-state index contributed by atoms with van der Waals surface area (Å²) in [6.07, 6.45) is 3.17. The summed E-state index contributed by atoms with van der Waals surface area (Å²) in [7, 11) is 1.35. The minimum atomic E-state index is -0.401. The van der Waals surface area contributed by atoms with Gasteiger partial charge < -0.3 is 9.15 Å². The van der Waals surface area contributed by atoms with Crippen molar-refractivity contribution in [1.29, 1.82) is 0 Å².